The molecule has 1 atom stereocenters. The lowest BCUT2D eigenvalue weighted by molar-refractivity contribution is -0.885. The number of halogens is 1. The minimum Gasteiger partial charge on any atom is -0.493 e. The average molecular weight is 350 g/mol. The summed E-state index contributed by atoms with van der Waals surface area (Å²) in [6.07, 6.45) is 0. The Balaban J connectivity index is 1.92. The molecule has 0 bridgehead atoms. The molecule has 0 spiro atoms. The van der Waals surface area contributed by atoms with Gasteiger partial charge in [0, 0.05) is 22.3 Å². The number of hydrogen-bond acceptors (Lipinski definition) is 3. The van der Waals surface area contributed by atoms with Gasteiger partial charge in [0.15, 0.2) is 18.0 Å². The molecule has 1 amide bonds. The summed E-state index contributed by atoms with van der Waals surface area (Å²) in [7, 11) is 5.10. The molecule has 0 aliphatic carbocycles. The number of methoxy groups -OCH3 is 2. The van der Waals surface area contributed by atoms with Crippen molar-refractivity contribution in [2.75, 3.05) is 33.1 Å². The van der Waals surface area contributed by atoms with Crippen LogP contribution in [0.4, 0.5) is 5.69 Å². The van der Waals surface area contributed by atoms with Gasteiger partial charge in [0.2, 0.25) is 0 Å². The fraction of sp³-hybridized carbons (Fsp3) is 0.278. The summed E-state index contributed by atoms with van der Waals surface area (Å²) in [5.41, 5.74) is 1.77. The number of quaternary nitrogens is 1. The van der Waals surface area contributed by atoms with Crippen molar-refractivity contribution >= 4 is 23.2 Å². The number of anilines is 1. The first kappa shape index (κ1) is 18.1. The summed E-state index contributed by atoms with van der Waals surface area (Å²) in [4.78, 5) is 13.3. The van der Waals surface area contributed by atoms with Gasteiger partial charge >= 0.3 is 0 Å². The summed E-state index contributed by atoms with van der Waals surface area (Å²) in [5.74, 6) is 1.14. The Morgan fingerprint density at radius 1 is 1.12 bits per heavy atom. The number of hydrogen-bond donors (Lipinski definition) is 2. The highest BCUT2D eigenvalue weighted by atomic mass is 35.5. The largest absolute Gasteiger partial charge is 0.493 e. The molecule has 0 aliphatic rings. The SMILES string of the molecule is COc1ccc(NC(=O)C[NH+](C)Cc2cccc(Cl)c2)cc1OC. The normalized spacial score (nSPS) is 11.7. The lowest BCUT2D eigenvalue weighted by Crippen LogP contribution is -3.08. The monoisotopic (exact) mass is 349 g/mol. The number of rotatable bonds is 7. The molecule has 0 aliphatic heterocycles. The van der Waals surface area contributed by atoms with E-state index in [0.29, 0.717) is 28.8 Å². The summed E-state index contributed by atoms with van der Waals surface area (Å²) in [6, 6.07) is 12.9. The third kappa shape index (κ3) is 5.15. The van der Waals surface area contributed by atoms with Gasteiger partial charge in [-0.05, 0) is 24.3 Å². The highest BCUT2D eigenvalue weighted by Gasteiger charge is 2.12. The van der Waals surface area contributed by atoms with E-state index in [2.05, 4.69) is 5.32 Å². The molecule has 2 rings (SSSR count). The Morgan fingerprint density at radius 2 is 1.88 bits per heavy atom. The zero-order valence-corrected chi connectivity index (χ0v) is 14.8. The van der Waals surface area contributed by atoms with Crippen LogP contribution in [0, 0.1) is 0 Å². The van der Waals surface area contributed by atoms with E-state index in [1.54, 1.807) is 32.4 Å². The van der Waals surface area contributed by atoms with E-state index in [-0.39, 0.29) is 5.91 Å². The molecular weight excluding hydrogens is 328 g/mol. The van der Waals surface area contributed by atoms with Gasteiger partial charge in [-0.15, -0.1) is 0 Å². The zero-order chi connectivity index (χ0) is 17.5. The van der Waals surface area contributed by atoms with Crippen LogP contribution in [0.15, 0.2) is 42.5 Å². The number of nitrogens with one attached hydrogen (secondary N) is 2. The molecule has 0 saturated carbocycles. The van der Waals surface area contributed by atoms with Crippen LogP contribution in [-0.4, -0.2) is 33.7 Å². The van der Waals surface area contributed by atoms with Crippen LogP contribution in [0.3, 0.4) is 0 Å². The van der Waals surface area contributed by atoms with Crippen molar-refractivity contribution in [3.05, 3.63) is 53.1 Å². The van der Waals surface area contributed by atoms with Crippen molar-refractivity contribution in [1.29, 1.82) is 0 Å². The molecule has 128 valence electrons. The van der Waals surface area contributed by atoms with Gasteiger partial charge in [-0.2, -0.15) is 0 Å². The quantitative estimate of drug-likeness (QED) is 0.804. The number of carbonyl (C=O) groups is 1. The lowest BCUT2D eigenvalue weighted by Gasteiger charge is -2.15. The van der Waals surface area contributed by atoms with Crippen LogP contribution in [0.2, 0.25) is 5.02 Å². The van der Waals surface area contributed by atoms with Crippen LogP contribution >= 0.6 is 11.6 Å². The fourth-order valence-corrected chi connectivity index (χ4v) is 2.66. The molecule has 0 heterocycles. The molecule has 1 unspecified atom stereocenters. The van der Waals surface area contributed by atoms with Crippen LogP contribution < -0.4 is 19.7 Å². The van der Waals surface area contributed by atoms with Gasteiger partial charge in [0.1, 0.15) is 6.54 Å². The third-order valence-corrected chi connectivity index (χ3v) is 3.76. The first-order valence-corrected chi connectivity index (χ1v) is 7.97. The molecule has 0 saturated heterocycles. The number of amides is 1. The molecule has 2 aromatic carbocycles. The topological polar surface area (TPSA) is 52.0 Å². The second-order valence-corrected chi connectivity index (χ2v) is 5.99. The van der Waals surface area contributed by atoms with E-state index >= 15 is 0 Å². The Hall–Kier alpha value is -2.24. The van der Waals surface area contributed by atoms with Crippen molar-refractivity contribution in [3.8, 4) is 11.5 Å². The maximum absolute atomic E-state index is 12.2. The molecule has 0 aromatic heterocycles. The minimum absolute atomic E-state index is 0.0678. The van der Waals surface area contributed by atoms with Gasteiger partial charge < -0.3 is 19.7 Å². The van der Waals surface area contributed by atoms with Crippen molar-refractivity contribution in [3.63, 3.8) is 0 Å². The van der Waals surface area contributed by atoms with Crippen LogP contribution in [0.25, 0.3) is 0 Å². The van der Waals surface area contributed by atoms with E-state index in [0.717, 1.165) is 17.0 Å². The average Bonchev–Trinajstić information content (AvgIpc) is 2.54. The highest BCUT2D eigenvalue weighted by Crippen LogP contribution is 2.29. The van der Waals surface area contributed by atoms with E-state index in [4.69, 9.17) is 21.1 Å². The molecule has 0 radical (unpaired) electrons. The predicted molar refractivity (Wildman–Crippen MR) is 95.1 cm³/mol. The number of ether oxygens (including phenoxy) is 2. The Morgan fingerprint density at radius 3 is 2.54 bits per heavy atom. The van der Waals surface area contributed by atoms with E-state index in [1.165, 1.54) is 0 Å². The highest BCUT2D eigenvalue weighted by molar-refractivity contribution is 6.30. The van der Waals surface area contributed by atoms with Gasteiger partial charge in [-0.3, -0.25) is 4.79 Å². The Bertz CT molecular complexity index is 706. The fourth-order valence-electron chi connectivity index (χ4n) is 2.45. The smallest absolute Gasteiger partial charge is 0.279 e. The molecule has 6 heteroatoms. The maximum Gasteiger partial charge on any atom is 0.279 e. The first-order valence-electron chi connectivity index (χ1n) is 7.59. The van der Waals surface area contributed by atoms with Gasteiger partial charge in [-0.1, -0.05) is 23.7 Å². The van der Waals surface area contributed by atoms with E-state index < -0.39 is 0 Å². The van der Waals surface area contributed by atoms with Crippen molar-refractivity contribution < 1.29 is 19.2 Å². The summed E-state index contributed by atoms with van der Waals surface area (Å²) >= 11 is 5.98. The second-order valence-electron chi connectivity index (χ2n) is 5.56. The van der Waals surface area contributed by atoms with Crippen LogP contribution in [0.5, 0.6) is 11.5 Å². The first-order chi connectivity index (χ1) is 11.5. The van der Waals surface area contributed by atoms with Crippen LogP contribution in [0.1, 0.15) is 5.56 Å². The van der Waals surface area contributed by atoms with Gasteiger partial charge in [0.25, 0.3) is 5.91 Å². The van der Waals surface area contributed by atoms with Gasteiger partial charge in [-0.25, -0.2) is 0 Å². The van der Waals surface area contributed by atoms with Crippen LogP contribution in [-0.2, 0) is 11.3 Å². The minimum atomic E-state index is -0.0678. The molecule has 0 fully saturated rings. The molecular formula is C18H22ClN2O3+. The summed E-state index contributed by atoms with van der Waals surface area (Å²) in [5, 5.41) is 3.58. The summed E-state index contributed by atoms with van der Waals surface area (Å²) in [6.45, 7) is 1.07. The van der Waals surface area contributed by atoms with Crippen molar-refractivity contribution in [2.24, 2.45) is 0 Å². The molecule has 5 nitrogen and oxygen atoms in total. The Kier molecular flexibility index (Phi) is 6.46. The zero-order valence-electron chi connectivity index (χ0n) is 14.1. The lowest BCUT2D eigenvalue weighted by atomic mass is 10.2. The van der Waals surface area contributed by atoms with E-state index in [1.807, 2.05) is 31.3 Å². The van der Waals surface area contributed by atoms with E-state index in [9.17, 15) is 4.79 Å². The van der Waals surface area contributed by atoms with Crippen molar-refractivity contribution in [1.82, 2.24) is 0 Å². The molecule has 24 heavy (non-hydrogen) atoms. The van der Waals surface area contributed by atoms with Gasteiger partial charge in [0.05, 0.1) is 21.3 Å². The third-order valence-electron chi connectivity index (χ3n) is 3.52. The second kappa shape index (κ2) is 8.57. The molecule has 2 aromatic rings. The Labute approximate surface area is 147 Å². The maximum atomic E-state index is 12.2. The number of carbonyl (C=O) groups excluding carboxylic acids is 1. The molecule has 2 N–H and O–H groups in total. The number of benzene rings is 2. The number of likely N-dealkylation sites (N-methyl/N-ethyl adjacent to an activating group) is 1. The summed E-state index contributed by atoms with van der Waals surface area (Å²) < 4.78 is 10.4. The van der Waals surface area contributed by atoms with Crippen molar-refractivity contribution in [2.45, 2.75) is 6.54 Å². The predicted octanol–water partition coefficient (Wildman–Crippen LogP) is 2.01. The standard InChI is InChI=1S/C18H21ClN2O3/c1-21(11-13-5-4-6-14(19)9-13)12-18(22)20-15-7-8-16(23-2)17(10-15)24-3/h4-10H,11-12H2,1-3H3,(H,20,22)/p+1.